The fourth-order valence-corrected chi connectivity index (χ4v) is 2.67. The summed E-state index contributed by atoms with van der Waals surface area (Å²) in [6, 6.07) is 9.88. The Balaban J connectivity index is 2.18. The Bertz CT molecular complexity index is 331. The van der Waals surface area contributed by atoms with Gasteiger partial charge in [-0.15, -0.1) is 0 Å². The SMILES string of the molecule is Cc1ccc(C(CN)N2CCCC2C)cc1. The maximum atomic E-state index is 5.94. The molecule has 1 heterocycles. The van der Waals surface area contributed by atoms with E-state index in [0.29, 0.717) is 18.6 Å². The first-order chi connectivity index (χ1) is 7.72. The summed E-state index contributed by atoms with van der Waals surface area (Å²) in [6.45, 7) is 6.34. The van der Waals surface area contributed by atoms with E-state index in [1.807, 2.05) is 0 Å². The molecule has 0 saturated carbocycles. The lowest BCUT2D eigenvalue weighted by molar-refractivity contribution is 0.195. The molecule has 0 spiro atoms. The molecule has 0 aromatic heterocycles. The third-order valence-corrected chi connectivity index (χ3v) is 3.69. The molecule has 2 unspecified atom stereocenters. The summed E-state index contributed by atoms with van der Waals surface area (Å²) in [7, 11) is 0. The molecule has 1 aromatic carbocycles. The van der Waals surface area contributed by atoms with Crippen LogP contribution in [-0.2, 0) is 0 Å². The van der Waals surface area contributed by atoms with Crippen LogP contribution >= 0.6 is 0 Å². The van der Waals surface area contributed by atoms with Gasteiger partial charge in [0.25, 0.3) is 0 Å². The zero-order valence-corrected chi connectivity index (χ0v) is 10.3. The smallest absolute Gasteiger partial charge is 0.0473 e. The van der Waals surface area contributed by atoms with Crippen LogP contribution in [0.4, 0.5) is 0 Å². The maximum absolute atomic E-state index is 5.94. The van der Waals surface area contributed by atoms with Crippen molar-refractivity contribution in [3.05, 3.63) is 35.4 Å². The van der Waals surface area contributed by atoms with E-state index < -0.39 is 0 Å². The van der Waals surface area contributed by atoms with E-state index in [1.165, 1.54) is 30.5 Å². The standard InChI is InChI=1S/C14H22N2/c1-11-5-7-13(8-6-11)14(10-15)16-9-3-4-12(16)2/h5-8,12,14H,3-4,9-10,15H2,1-2H3. The fraction of sp³-hybridized carbons (Fsp3) is 0.571. The third-order valence-electron chi connectivity index (χ3n) is 3.69. The number of aryl methyl sites for hydroxylation is 1. The maximum Gasteiger partial charge on any atom is 0.0473 e. The lowest BCUT2D eigenvalue weighted by Crippen LogP contribution is -2.35. The number of nitrogens with two attached hydrogens (primary N) is 1. The number of rotatable bonds is 3. The Morgan fingerprint density at radius 3 is 2.56 bits per heavy atom. The van der Waals surface area contributed by atoms with Crippen LogP contribution in [0.15, 0.2) is 24.3 Å². The summed E-state index contributed by atoms with van der Waals surface area (Å²) in [4.78, 5) is 2.55. The lowest BCUT2D eigenvalue weighted by Gasteiger charge is -2.30. The minimum absolute atomic E-state index is 0.401. The summed E-state index contributed by atoms with van der Waals surface area (Å²) in [5.41, 5.74) is 8.62. The Labute approximate surface area is 98.4 Å². The van der Waals surface area contributed by atoms with Crippen molar-refractivity contribution in [2.75, 3.05) is 13.1 Å². The number of likely N-dealkylation sites (tertiary alicyclic amines) is 1. The molecule has 2 nitrogen and oxygen atoms in total. The van der Waals surface area contributed by atoms with Gasteiger partial charge in [-0.3, -0.25) is 4.90 Å². The van der Waals surface area contributed by atoms with Crippen LogP contribution in [-0.4, -0.2) is 24.0 Å². The number of nitrogens with zero attached hydrogens (tertiary/aromatic N) is 1. The van der Waals surface area contributed by atoms with E-state index in [1.54, 1.807) is 0 Å². The number of benzene rings is 1. The van der Waals surface area contributed by atoms with Crippen LogP contribution in [0.1, 0.15) is 36.9 Å². The van der Waals surface area contributed by atoms with Crippen molar-refractivity contribution in [3.8, 4) is 0 Å². The topological polar surface area (TPSA) is 29.3 Å². The van der Waals surface area contributed by atoms with Crippen molar-refractivity contribution in [3.63, 3.8) is 0 Å². The summed E-state index contributed by atoms with van der Waals surface area (Å²) < 4.78 is 0. The zero-order chi connectivity index (χ0) is 11.5. The highest BCUT2D eigenvalue weighted by Gasteiger charge is 2.27. The quantitative estimate of drug-likeness (QED) is 0.844. The number of hydrogen-bond donors (Lipinski definition) is 1. The Hall–Kier alpha value is -0.860. The van der Waals surface area contributed by atoms with Gasteiger partial charge in [0.15, 0.2) is 0 Å². The van der Waals surface area contributed by atoms with Gasteiger partial charge in [0.2, 0.25) is 0 Å². The minimum Gasteiger partial charge on any atom is -0.329 e. The van der Waals surface area contributed by atoms with E-state index >= 15 is 0 Å². The predicted octanol–water partition coefficient (Wildman–Crippen LogP) is 2.48. The highest BCUT2D eigenvalue weighted by molar-refractivity contribution is 5.24. The Morgan fingerprint density at radius 2 is 2.06 bits per heavy atom. The van der Waals surface area contributed by atoms with Gasteiger partial charge >= 0.3 is 0 Å². The van der Waals surface area contributed by atoms with E-state index in [0.717, 1.165) is 0 Å². The van der Waals surface area contributed by atoms with Gasteiger partial charge in [-0.1, -0.05) is 29.8 Å². The second-order valence-corrected chi connectivity index (χ2v) is 4.89. The molecule has 0 bridgehead atoms. The molecule has 2 N–H and O–H groups in total. The van der Waals surface area contributed by atoms with Crippen LogP contribution in [0.5, 0.6) is 0 Å². The monoisotopic (exact) mass is 218 g/mol. The van der Waals surface area contributed by atoms with Gasteiger partial charge in [0.1, 0.15) is 0 Å². The van der Waals surface area contributed by atoms with Crippen LogP contribution in [0, 0.1) is 6.92 Å². The average Bonchev–Trinajstić information content (AvgIpc) is 2.69. The second-order valence-electron chi connectivity index (χ2n) is 4.89. The zero-order valence-electron chi connectivity index (χ0n) is 10.3. The molecule has 2 heteroatoms. The molecule has 1 aromatic rings. The average molecular weight is 218 g/mol. The van der Waals surface area contributed by atoms with Gasteiger partial charge in [-0.2, -0.15) is 0 Å². The first-order valence-corrected chi connectivity index (χ1v) is 6.24. The molecule has 16 heavy (non-hydrogen) atoms. The van der Waals surface area contributed by atoms with Crippen molar-refractivity contribution in [1.82, 2.24) is 4.90 Å². The molecule has 0 aliphatic carbocycles. The van der Waals surface area contributed by atoms with Gasteiger partial charge in [0.05, 0.1) is 0 Å². The Morgan fingerprint density at radius 1 is 1.38 bits per heavy atom. The molecule has 1 saturated heterocycles. The predicted molar refractivity (Wildman–Crippen MR) is 68.4 cm³/mol. The van der Waals surface area contributed by atoms with E-state index in [4.69, 9.17) is 5.73 Å². The highest BCUT2D eigenvalue weighted by atomic mass is 15.2. The summed E-state index contributed by atoms with van der Waals surface area (Å²) >= 11 is 0. The van der Waals surface area contributed by atoms with E-state index in [-0.39, 0.29) is 0 Å². The lowest BCUT2D eigenvalue weighted by atomic mass is 10.0. The first kappa shape index (κ1) is 11.6. The van der Waals surface area contributed by atoms with Crippen molar-refractivity contribution >= 4 is 0 Å². The third kappa shape index (κ3) is 2.28. The largest absolute Gasteiger partial charge is 0.329 e. The fourth-order valence-electron chi connectivity index (χ4n) is 2.67. The summed E-state index contributed by atoms with van der Waals surface area (Å²) in [5.74, 6) is 0. The van der Waals surface area contributed by atoms with Crippen LogP contribution in [0.25, 0.3) is 0 Å². The molecule has 1 aliphatic heterocycles. The molecule has 1 fully saturated rings. The Kier molecular flexibility index (Phi) is 3.62. The molecular formula is C14H22N2. The molecule has 88 valence electrons. The van der Waals surface area contributed by atoms with Crippen LogP contribution in [0.3, 0.4) is 0 Å². The van der Waals surface area contributed by atoms with Crippen LogP contribution in [0.2, 0.25) is 0 Å². The molecule has 0 radical (unpaired) electrons. The van der Waals surface area contributed by atoms with E-state index in [2.05, 4.69) is 43.0 Å². The minimum atomic E-state index is 0.401. The summed E-state index contributed by atoms with van der Waals surface area (Å²) in [6.07, 6.45) is 2.62. The number of hydrogen-bond acceptors (Lipinski definition) is 2. The van der Waals surface area contributed by atoms with Gasteiger partial charge in [-0.05, 0) is 38.8 Å². The molecule has 1 aliphatic rings. The normalized spacial score (nSPS) is 23.6. The molecule has 2 rings (SSSR count). The second kappa shape index (κ2) is 4.98. The molecule has 0 amide bonds. The molecular weight excluding hydrogens is 196 g/mol. The van der Waals surface area contributed by atoms with Gasteiger partial charge in [0, 0.05) is 18.6 Å². The van der Waals surface area contributed by atoms with Gasteiger partial charge < -0.3 is 5.73 Å². The van der Waals surface area contributed by atoms with E-state index in [9.17, 15) is 0 Å². The summed E-state index contributed by atoms with van der Waals surface area (Å²) in [5, 5.41) is 0. The van der Waals surface area contributed by atoms with Crippen molar-refractivity contribution in [2.24, 2.45) is 5.73 Å². The van der Waals surface area contributed by atoms with Crippen LogP contribution < -0.4 is 5.73 Å². The van der Waals surface area contributed by atoms with Crippen molar-refractivity contribution in [1.29, 1.82) is 0 Å². The molecule has 2 atom stereocenters. The van der Waals surface area contributed by atoms with Crippen molar-refractivity contribution in [2.45, 2.75) is 38.8 Å². The van der Waals surface area contributed by atoms with Crippen molar-refractivity contribution < 1.29 is 0 Å². The first-order valence-electron chi connectivity index (χ1n) is 6.24. The highest BCUT2D eigenvalue weighted by Crippen LogP contribution is 2.28. The van der Waals surface area contributed by atoms with Gasteiger partial charge in [-0.25, -0.2) is 0 Å².